The molecule has 0 aromatic carbocycles. The molecule has 17 heavy (non-hydrogen) atoms. The van der Waals surface area contributed by atoms with E-state index in [1.54, 1.807) is 7.11 Å². The molecule has 1 saturated heterocycles. The zero-order chi connectivity index (χ0) is 12.7. The maximum Gasteiger partial charge on any atom is 0.237 e. The summed E-state index contributed by atoms with van der Waals surface area (Å²) in [5.41, 5.74) is 0. The minimum absolute atomic E-state index is 0.0480. The van der Waals surface area contributed by atoms with Gasteiger partial charge in [0.2, 0.25) is 5.91 Å². The zero-order valence-corrected chi connectivity index (χ0v) is 10.8. The second-order valence-electron chi connectivity index (χ2n) is 4.51. The predicted molar refractivity (Wildman–Crippen MR) is 65.8 cm³/mol. The minimum Gasteiger partial charge on any atom is -0.396 e. The molecule has 5 heteroatoms. The van der Waals surface area contributed by atoms with Crippen LogP contribution in [0, 0.1) is 0 Å². The van der Waals surface area contributed by atoms with Crippen molar-refractivity contribution in [2.45, 2.75) is 38.3 Å². The first-order chi connectivity index (χ1) is 8.20. The van der Waals surface area contributed by atoms with Gasteiger partial charge in [-0.1, -0.05) is 0 Å². The standard InChI is InChI=1S/C12H24N2O3/c1-10(12(16)13-6-9-17-2)14-7-3-4-11(14)5-8-15/h10-11,15H,3-9H2,1-2H3,(H,13,16). The normalized spacial score (nSPS) is 22.6. The molecule has 2 unspecified atom stereocenters. The van der Waals surface area contributed by atoms with E-state index in [1.165, 1.54) is 0 Å². The molecule has 1 fully saturated rings. The quantitative estimate of drug-likeness (QED) is 0.618. The first kappa shape index (κ1) is 14.4. The molecule has 0 bridgehead atoms. The molecule has 0 aromatic heterocycles. The third-order valence-corrected chi connectivity index (χ3v) is 3.37. The molecule has 5 nitrogen and oxygen atoms in total. The van der Waals surface area contributed by atoms with Crippen LogP contribution in [0.1, 0.15) is 26.2 Å². The van der Waals surface area contributed by atoms with Crippen LogP contribution in [0.25, 0.3) is 0 Å². The maximum atomic E-state index is 11.9. The number of hydrogen-bond acceptors (Lipinski definition) is 4. The van der Waals surface area contributed by atoms with Gasteiger partial charge in [0.1, 0.15) is 0 Å². The Hall–Kier alpha value is -0.650. The lowest BCUT2D eigenvalue weighted by Gasteiger charge is -2.29. The van der Waals surface area contributed by atoms with E-state index in [2.05, 4.69) is 10.2 Å². The van der Waals surface area contributed by atoms with Crippen molar-refractivity contribution in [2.24, 2.45) is 0 Å². The molecule has 1 rings (SSSR count). The lowest BCUT2D eigenvalue weighted by atomic mass is 10.1. The first-order valence-electron chi connectivity index (χ1n) is 6.34. The summed E-state index contributed by atoms with van der Waals surface area (Å²) in [6.45, 7) is 4.16. The van der Waals surface area contributed by atoms with Crippen molar-refractivity contribution in [1.82, 2.24) is 10.2 Å². The molecular formula is C12H24N2O3. The Morgan fingerprint density at radius 2 is 2.41 bits per heavy atom. The maximum absolute atomic E-state index is 11.9. The highest BCUT2D eigenvalue weighted by Crippen LogP contribution is 2.22. The Morgan fingerprint density at radius 1 is 1.65 bits per heavy atom. The summed E-state index contributed by atoms with van der Waals surface area (Å²) < 4.78 is 4.90. The van der Waals surface area contributed by atoms with E-state index in [9.17, 15) is 4.79 Å². The lowest BCUT2D eigenvalue weighted by Crippen LogP contribution is -2.48. The van der Waals surface area contributed by atoms with Crippen LogP contribution in [-0.2, 0) is 9.53 Å². The van der Waals surface area contributed by atoms with Crippen LogP contribution < -0.4 is 5.32 Å². The third-order valence-electron chi connectivity index (χ3n) is 3.37. The third kappa shape index (κ3) is 4.26. The number of aliphatic hydroxyl groups is 1. The Balaban J connectivity index is 2.39. The van der Waals surface area contributed by atoms with Crippen molar-refractivity contribution in [2.75, 3.05) is 33.4 Å². The molecule has 1 aliphatic heterocycles. The van der Waals surface area contributed by atoms with Crippen molar-refractivity contribution in [3.8, 4) is 0 Å². The molecule has 0 aromatic rings. The molecule has 1 aliphatic rings. The summed E-state index contributed by atoms with van der Waals surface area (Å²) in [7, 11) is 1.62. The molecule has 2 atom stereocenters. The zero-order valence-electron chi connectivity index (χ0n) is 10.8. The Morgan fingerprint density at radius 3 is 3.06 bits per heavy atom. The largest absolute Gasteiger partial charge is 0.396 e. The molecule has 100 valence electrons. The molecular weight excluding hydrogens is 220 g/mol. The van der Waals surface area contributed by atoms with Crippen LogP contribution in [0.15, 0.2) is 0 Å². The number of aliphatic hydroxyl groups excluding tert-OH is 1. The Labute approximate surface area is 103 Å². The average Bonchev–Trinajstić information content (AvgIpc) is 2.77. The fourth-order valence-corrected chi connectivity index (χ4v) is 2.40. The van der Waals surface area contributed by atoms with Gasteiger partial charge in [0.05, 0.1) is 12.6 Å². The van der Waals surface area contributed by atoms with Gasteiger partial charge in [0, 0.05) is 26.3 Å². The fraction of sp³-hybridized carbons (Fsp3) is 0.917. The van der Waals surface area contributed by atoms with E-state index in [0.717, 1.165) is 25.8 Å². The smallest absolute Gasteiger partial charge is 0.237 e. The van der Waals surface area contributed by atoms with Crippen molar-refractivity contribution < 1.29 is 14.6 Å². The molecule has 0 radical (unpaired) electrons. The van der Waals surface area contributed by atoms with Crippen molar-refractivity contribution in [3.63, 3.8) is 0 Å². The van der Waals surface area contributed by atoms with Gasteiger partial charge < -0.3 is 15.2 Å². The van der Waals surface area contributed by atoms with E-state index in [4.69, 9.17) is 9.84 Å². The second-order valence-corrected chi connectivity index (χ2v) is 4.51. The molecule has 0 saturated carbocycles. The Kier molecular flexibility index (Phi) is 6.47. The van der Waals surface area contributed by atoms with Crippen LogP contribution in [-0.4, -0.2) is 61.4 Å². The number of hydrogen-bond donors (Lipinski definition) is 2. The number of carbonyl (C=O) groups excluding carboxylic acids is 1. The van der Waals surface area contributed by atoms with Gasteiger partial charge in [-0.25, -0.2) is 0 Å². The molecule has 1 amide bonds. The van der Waals surface area contributed by atoms with Crippen LogP contribution in [0.2, 0.25) is 0 Å². The topological polar surface area (TPSA) is 61.8 Å². The van der Waals surface area contributed by atoms with Crippen molar-refractivity contribution >= 4 is 5.91 Å². The minimum atomic E-state index is -0.120. The van der Waals surface area contributed by atoms with Gasteiger partial charge in [0.15, 0.2) is 0 Å². The van der Waals surface area contributed by atoms with Gasteiger partial charge >= 0.3 is 0 Å². The summed E-state index contributed by atoms with van der Waals surface area (Å²) in [5, 5.41) is 11.8. The Bertz CT molecular complexity index is 236. The monoisotopic (exact) mass is 244 g/mol. The van der Waals surface area contributed by atoms with Crippen LogP contribution in [0.5, 0.6) is 0 Å². The number of rotatable bonds is 7. The highest BCUT2D eigenvalue weighted by atomic mass is 16.5. The SMILES string of the molecule is COCCNC(=O)C(C)N1CCCC1CCO. The summed E-state index contributed by atoms with van der Waals surface area (Å²) in [6.07, 6.45) is 2.95. The van der Waals surface area contributed by atoms with Gasteiger partial charge in [0.25, 0.3) is 0 Å². The predicted octanol–water partition coefficient (Wildman–Crippen LogP) is -0.0157. The number of nitrogens with one attached hydrogen (secondary N) is 1. The summed E-state index contributed by atoms with van der Waals surface area (Å²) in [6, 6.07) is 0.231. The highest BCUT2D eigenvalue weighted by Gasteiger charge is 2.31. The number of carbonyl (C=O) groups is 1. The summed E-state index contributed by atoms with van der Waals surface area (Å²) >= 11 is 0. The van der Waals surface area contributed by atoms with Crippen molar-refractivity contribution in [3.05, 3.63) is 0 Å². The molecule has 0 spiro atoms. The van der Waals surface area contributed by atoms with Crippen LogP contribution in [0.4, 0.5) is 0 Å². The lowest BCUT2D eigenvalue weighted by molar-refractivity contribution is -0.126. The van der Waals surface area contributed by atoms with E-state index >= 15 is 0 Å². The molecule has 2 N–H and O–H groups in total. The van der Waals surface area contributed by atoms with Gasteiger partial charge in [-0.05, 0) is 32.7 Å². The second kappa shape index (κ2) is 7.63. The number of likely N-dealkylation sites (tertiary alicyclic amines) is 1. The molecule has 0 aliphatic carbocycles. The van der Waals surface area contributed by atoms with E-state index in [0.29, 0.717) is 19.2 Å². The van der Waals surface area contributed by atoms with Gasteiger partial charge in [-0.15, -0.1) is 0 Å². The van der Waals surface area contributed by atoms with Crippen molar-refractivity contribution in [1.29, 1.82) is 0 Å². The number of ether oxygens (including phenoxy) is 1. The number of nitrogens with zero attached hydrogens (tertiary/aromatic N) is 1. The number of amides is 1. The van der Waals surface area contributed by atoms with Gasteiger partial charge in [-0.3, -0.25) is 9.69 Å². The van der Waals surface area contributed by atoms with Gasteiger partial charge in [-0.2, -0.15) is 0 Å². The average molecular weight is 244 g/mol. The van der Waals surface area contributed by atoms with E-state index in [1.807, 2.05) is 6.92 Å². The number of methoxy groups -OCH3 is 1. The highest BCUT2D eigenvalue weighted by molar-refractivity contribution is 5.81. The molecule has 1 heterocycles. The summed E-state index contributed by atoms with van der Waals surface area (Å²) in [4.78, 5) is 14.1. The van der Waals surface area contributed by atoms with Crippen LogP contribution >= 0.6 is 0 Å². The first-order valence-corrected chi connectivity index (χ1v) is 6.34. The summed E-state index contributed by atoms with van der Waals surface area (Å²) in [5.74, 6) is 0.0480. The van der Waals surface area contributed by atoms with E-state index < -0.39 is 0 Å². The van der Waals surface area contributed by atoms with E-state index in [-0.39, 0.29) is 18.6 Å². The fourth-order valence-electron chi connectivity index (χ4n) is 2.40. The van der Waals surface area contributed by atoms with Crippen LogP contribution in [0.3, 0.4) is 0 Å².